The van der Waals surface area contributed by atoms with Gasteiger partial charge >= 0.3 is 5.97 Å². The molecule has 0 aliphatic rings. The molecule has 0 heterocycles. The molecule has 1 N–H and O–H groups in total. The number of carbonyl (C=O) groups excluding carboxylic acids is 2. The zero-order valence-corrected chi connectivity index (χ0v) is 20.8. The molecule has 10 nitrogen and oxygen atoms in total. The first-order valence-corrected chi connectivity index (χ1v) is 13.2. The highest BCUT2D eigenvalue weighted by Crippen LogP contribution is 2.24. The lowest BCUT2D eigenvalue weighted by Crippen LogP contribution is -2.37. The van der Waals surface area contributed by atoms with Gasteiger partial charge in [-0.15, -0.1) is 0 Å². The van der Waals surface area contributed by atoms with Crippen LogP contribution >= 0.6 is 11.6 Å². The van der Waals surface area contributed by atoms with E-state index in [2.05, 4.69) is 5.32 Å². The van der Waals surface area contributed by atoms with Gasteiger partial charge in [-0.2, -0.15) is 0 Å². The van der Waals surface area contributed by atoms with Gasteiger partial charge in [0, 0.05) is 19.8 Å². The van der Waals surface area contributed by atoms with Crippen molar-refractivity contribution in [2.24, 2.45) is 0 Å². The lowest BCUT2D eigenvalue weighted by molar-refractivity contribution is -0.114. The summed E-state index contributed by atoms with van der Waals surface area (Å²) in [7, 11) is -4.82. The molecule has 180 valence electrons. The van der Waals surface area contributed by atoms with E-state index in [0.29, 0.717) is 0 Å². The average Bonchev–Trinajstić information content (AvgIpc) is 2.71. The zero-order chi connectivity index (χ0) is 25.0. The number of hydrogen-bond donors (Lipinski definition) is 1. The molecule has 0 fully saturated rings. The average molecular weight is 518 g/mol. The summed E-state index contributed by atoms with van der Waals surface area (Å²) in [5.74, 6) is -1.28. The fraction of sp³-hybridized carbons (Fsp3) is 0.300. The first kappa shape index (κ1) is 26.6. The molecule has 0 spiro atoms. The summed E-state index contributed by atoms with van der Waals surface area (Å²) >= 11 is 6.08. The van der Waals surface area contributed by atoms with E-state index in [9.17, 15) is 26.4 Å². The molecule has 2 rings (SSSR count). The number of benzene rings is 2. The van der Waals surface area contributed by atoms with E-state index in [0.717, 1.165) is 14.9 Å². The molecule has 0 saturated heterocycles. The molecule has 0 radical (unpaired) electrons. The van der Waals surface area contributed by atoms with Crippen LogP contribution in [0, 0.1) is 0 Å². The molecule has 0 aliphatic carbocycles. The highest BCUT2D eigenvalue weighted by Gasteiger charge is 2.23. The Bertz CT molecular complexity index is 1240. The summed E-state index contributed by atoms with van der Waals surface area (Å²) in [6.07, 6.45) is 0.926. The van der Waals surface area contributed by atoms with Crippen LogP contribution in [0.1, 0.15) is 17.3 Å². The van der Waals surface area contributed by atoms with Gasteiger partial charge in [-0.3, -0.25) is 9.10 Å². The number of carbonyl (C=O) groups is 2. The number of ether oxygens (including phenoxy) is 1. The molecule has 0 aliphatic heterocycles. The van der Waals surface area contributed by atoms with Crippen molar-refractivity contribution in [3.63, 3.8) is 0 Å². The Balaban J connectivity index is 2.22. The van der Waals surface area contributed by atoms with Gasteiger partial charge in [-0.1, -0.05) is 11.6 Å². The Hall–Kier alpha value is -2.67. The molecule has 0 aromatic heterocycles. The zero-order valence-electron chi connectivity index (χ0n) is 18.4. The molecule has 0 unspecified atom stereocenters. The maximum atomic E-state index is 12.5. The maximum Gasteiger partial charge on any atom is 0.339 e. The lowest BCUT2D eigenvalue weighted by Gasteiger charge is -2.22. The molecule has 2 aromatic carbocycles. The molecular formula is C20H24ClN3O7S2. The van der Waals surface area contributed by atoms with Gasteiger partial charge < -0.3 is 10.1 Å². The number of halogens is 1. The smallest absolute Gasteiger partial charge is 0.339 e. The van der Waals surface area contributed by atoms with Crippen molar-refractivity contribution in [1.82, 2.24) is 4.31 Å². The van der Waals surface area contributed by atoms with Crippen LogP contribution in [0.4, 0.5) is 11.4 Å². The van der Waals surface area contributed by atoms with E-state index in [1.54, 1.807) is 6.92 Å². The monoisotopic (exact) mass is 517 g/mol. The van der Waals surface area contributed by atoms with Crippen LogP contribution in [-0.4, -0.2) is 66.5 Å². The highest BCUT2D eigenvalue weighted by atomic mass is 35.5. The summed E-state index contributed by atoms with van der Waals surface area (Å²) in [6, 6.07) is 9.28. The number of anilines is 2. The minimum atomic E-state index is -3.88. The van der Waals surface area contributed by atoms with Crippen molar-refractivity contribution in [3.8, 4) is 0 Å². The van der Waals surface area contributed by atoms with Gasteiger partial charge in [0.2, 0.25) is 26.0 Å². The van der Waals surface area contributed by atoms with Gasteiger partial charge in [0.05, 0.1) is 34.0 Å². The van der Waals surface area contributed by atoms with Crippen LogP contribution in [0.5, 0.6) is 0 Å². The third-order valence-electron chi connectivity index (χ3n) is 4.34. The number of esters is 1. The van der Waals surface area contributed by atoms with Gasteiger partial charge in [0.1, 0.15) is 6.54 Å². The van der Waals surface area contributed by atoms with E-state index < -0.39 is 38.5 Å². The third kappa shape index (κ3) is 6.67. The topological polar surface area (TPSA) is 130 Å². The van der Waals surface area contributed by atoms with Crippen LogP contribution in [0.2, 0.25) is 5.02 Å². The second kappa shape index (κ2) is 10.5. The van der Waals surface area contributed by atoms with Crippen molar-refractivity contribution in [2.75, 3.05) is 43.1 Å². The van der Waals surface area contributed by atoms with Gasteiger partial charge in [0.15, 0.2) is 0 Å². The molecular weight excluding hydrogens is 494 g/mol. The number of sulfonamides is 2. The minimum Gasteiger partial charge on any atom is -0.462 e. The van der Waals surface area contributed by atoms with E-state index in [1.807, 2.05) is 0 Å². The van der Waals surface area contributed by atoms with E-state index in [4.69, 9.17) is 16.3 Å². The Morgan fingerprint density at radius 2 is 1.64 bits per heavy atom. The summed E-state index contributed by atoms with van der Waals surface area (Å²) in [5.41, 5.74) is 0.488. The summed E-state index contributed by atoms with van der Waals surface area (Å²) in [6.45, 7) is 1.26. The molecule has 13 heteroatoms. The third-order valence-corrected chi connectivity index (χ3v) is 7.62. The summed E-state index contributed by atoms with van der Waals surface area (Å²) in [5, 5.41) is 2.58. The molecule has 0 bridgehead atoms. The normalized spacial score (nSPS) is 11.8. The Morgan fingerprint density at radius 1 is 1.03 bits per heavy atom. The first-order valence-electron chi connectivity index (χ1n) is 9.54. The lowest BCUT2D eigenvalue weighted by atomic mass is 10.2. The van der Waals surface area contributed by atoms with Crippen LogP contribution < -0.4 is 9.62 Å². The first-order chi connectivity index (χ1) is 15.3. The van der Waals surface area contributed by atoms with E-state index in [-0.39, 0.29) is 33.5 Å². The fourth-order valence-electron chi connectivity index (χ4n) is 2.69. The number of nitrogens with one attached hydrogen (secondary N) is 1. The van der Waals surface area contributed by atoms with Crippen molar-refractivity contribution in [2.45, 2.75) is 11.8 Å². The van der Waals surface area contributed by atoms with Gasteiger partial charge in [-0.05, 0) is 49.4 Å². The summed E-state index contributed by atoms with van der Waals surface area (Å²) in [4.78, 5) is 24.3. The quantitative estimate of drug-likeness (QED) is 0.504. The van der Waals surface area contributed by atoms with Gasteiger partial charge in [0.25, 0.3) is 0 Å². The fourth-order valence-corrected chi connectivity index (χ4v) is 4.71. The Morgan fingerprint density at radius 3 is 2.12 bits per heavy atom. The second-order valence-corrected chi connectivity index (χ2v) is 11.5. The summed E-state index contributed by atoms with van der Waals surface area (Å²) < 4.78 is 55.8. The Kier molecular flexibility index (Phi) is 8.46. The predicted octanol–water partition coefficient (Wildman–Crippen LogP) is 2.17. The SMILES string of the molecule is CCOC(=O)c1ccc(NC(=O)CN(c2ccc(S(=O)(=O)N(C)C)cc2)S(C)(=O)=O)cc1Cl. The molecule has 33 heavy (non-hydrogen) atoms. The Labute approximate surface area is 198 Å². The van der Waals surface area contributed by atoms with Crippen LogP contribution in [0.25, 0.3) is 0 Å². The molecule has 0 saturated carbocycles. The minimum absolute atomic E-state index is 0.0227. The largest absolute Gasteiger partial charge is 0.462 e. The molecule has 1 amide bonds. The number of hydrogen-bond acceptors (Lipinski definition) is 7. The maximum absolute atomic E-state index is 12.5. The number of amides is 1. The number of nitrogens with zero attached hydrogens (tertiary/aromatic N) is 2. The molecule has 2 aromatic rings. The van der Waals surface area contributed by atoms with Crippen molar-refractivity contribution in [3.05, 3.63) is 53.1 Å². The number of rotatable bonds is 9. The van der Waals surface area contributed by atoms with Crippen molar-refractivity contribution in [1.29, 1.82) is 0 Å². The van der Waals surface area contributed by atoms with Crippen LogP contribution in [-0.2, 0) is 29.6 Å². The van der Waals surface area contributed by atoms with E-state index >= 15 is 0 Å². The van der Waals surface area contributed by atoms with E-state index in [1.165, 1.54) is 56.6 Å². The van der Waals surface area contributed by atoms with Crippen LogP contribution in [0.15, 0.2) is 47.4 Å². The second-order valence-electron chi connectivity index (χ2n) is 7.01. The van der Waals surface area contributed by atoms with Crippen molar-refractivity contribution >= 4 is 54.9 Å². The van der Waals surface area contributed by atoms with Crippen molar-refractivity contribution < 1.29 is 31.2 Å². The highest BCUT2D eigenvalue weighted by molar-refractivity contribution is 7.92. The van der Waals surface area contributed by atoms with Crippen LogP contribution in [0.3, 0.4) is 0 Å². The predicted molar refractivity (Wildman–Crippen MR) is 126 cm³/mol. The molecule has 0 atom stereocenters. The standard InChI is InChI=1S/C20H24ClN3O7S2/c1-5-31-20(26)17-11-6-14(12-18(17)21)22-19(25)13-24(32(4,27)28)15-7-9-16(10-8-15)33(29,30)23(2)3/h6-12H,5,13H2,1-4H3,(H,22,25). The van der Waals surface area contributed by atoms with Gasteiger partial charge in [-0.25, -0.2) is 25.9 Å².